The van der Waals surface area contributed by atoms with Crippen molar-refractivity contribution in [2.45, 2.75) is 72.8 Å². The molecule has 0 aliphatic carbocycles. The monoisotopic (exact) mass is 540 g/mol. The van der Waals surface area contributed by atoms with Crippen molar-refractivity contribution in [2.24, 2.45) is 0 Å². The molecule has 2 amide bonds. The highest BCUT2D eigenvalue weighted by Gasteiger charge is 2.17. The third kappa shape index (κ3) is 28.5. The molecule has 0 radical (unpaired) electrons. The second-order valence-corrected chi connectivity index (χ2v) is 8.49. The van der Waals surface area contributed by atoms with Gasteiger partial charge in [0.25, 0.3) is 6.17 Å². The van der Waals surface area contributed by atoms with Crippen molar-refractivity contribution in [3.63, 3.8) is 0 Å². The van der Waals surface area contributed by atoms with Crippen LogP contribution >= 0.6 is 0 Å². The number of halogens is 2. The normalized spacial score (nSPS) is 11.6. The highest BCUT2D eigenvalue weighted by molar-refractivity contribution is 5.90. The first-order chi connectivity index (χ1) is 16.9. The minimum atomic E-state index is -2.12. The lowest BCUT2D eigenvalue weighted by atomic mass is 10.2. The van der Waals surface area contributed by atoms with Crippen LogP contribution in [0.3, 0.4) is 0 Å². The molecule has 0 fully saturated rings. The summed E-state index contributed by atoms with van der Waals surface area (Å²) in [5.41, 5.74) is -1.12. The first-order valence-electron chi connectivity index (χ1n) is 11.1. The lowest BCUT2D eigenvalue weighted by Gasteiger charge is -2.19. The fourth-order valence-electron chi connectivity index (χ4n) is 1.54. The van der Waals surface area contributed by atoms with Gasteiger partial charge in [0.05, 0.1) is 19.8 Å². The van der Waals surface area contributed by atoms with E-state index in [1.54, 1.807) is 48.5 Å². The zero-order valence-electron chi connectivity index (χ0n) is 22.5. The highest BCUT2D eigenvalue weighted by Crippen LogP contribution is 2.07. The predicted molar refractivity (Wildman–Crippen MR) is 128 cm³/mol. The van der Waals surface area contributed by atoms with Crippen LogP contribution in [0.2, 0.25) is 0 Å². The van der Waals surface area contributed by atoms with Crippen LogP contribution in [0.25, 0.3) is 0 Å². The number of carbonyl (C=O) groups excluding carboxylic acids is 6. The molecule has 0 saturated carbocycles. The molecule has 2 N–H and O–H groups in total. The second-order valence-electron chi connectivity index (χ2n) is 8.49. The number of aldehydes is 2. The molecule has 214 valence electrons. The molecule has 12 nitrogen and oxygen atoms in total. The van der Waals surface area contributed by atoms with Crippen LogP contribution in [0, 0.1) is 0 Å². The Kier molecular flexibility index (Phi) is 21.1. The molecule has 0 heterocycles. The third-order valence-electron chi connectivity index (χ3n) is 2.76. The number of amides is 2. The van der Waals surface area contributed by atoms with Gasteiger partial charge in [-0.25, -0.2) is 23.6 Å². The summed E-state index contributed by atoms with van der Waals surface area (Å²) in [6.07, 6.45) is -1.94. The molecule has 1 atom stereocenters. The van der Waals surface area contributed by atoms with Crippen LogP contribution in [-0.2, 0) is 38.1 Å². The van der Waals surface area contributed by atoms with E-state index in [9.17, 15) is 37.5 Å². The lowest BCUT2D eigenvalue weighted by Crippen LogP contribution is -2.33. The standard InChI is InChI=1S/C11H18FNO4.C7H13NO3.C5H7FO3/c1-5-16-9(14)8(12)6-7-13-10(15)17-11(2,3)4;1-7(2,3)11-6(10)8-4-5-9;1-2-9-5(8)4(6)3-7/h6H,5,7H2,1-4H3,(H,13,15);5H,4H2,1-3H3,(H,8,10);3-4H,2H2,1H3/b8-6+;;. The molecule has 0 saturated heterocycles. The summed E-state index contributed by atoms with van der Waals surface area (Å²) >= 11 is 0. The lowest BCUT2D eigenvalue weighted by molar-refractivity contribution is -0.150. The SMILES string of the molecule is CC(C)(C)OC(=O)NCC=O.CCOC(=O)/C(F)=C\CNC(=O)OC(C)(C)C.CCOC(=O)C(F)C=O. The average molecular weight is 541 g/mol. The average Bonchev–Trinajstić information content (AvgIpc) is 2.75. The van der Waals surface area contributed by atoms with Gasteiger partial charge >= 0.3 is 24.1 Å². The first kappa shape index (κ1) is 38.0. The Morgan fingerprint density at radius 2 is 1.24 bits per heavy atom. The summed E-state index contributed by atoms with van der Waals surface area (Å²) in [6, 6.07) is 0. The molecule has 0 aromatic carbocycles. The topological polar surface area (TPSA) is 163 Å². The van der Waals surface area contributed by atoms with Crippen molar-refractivity contribution in [1.29, 1.82) is 0 Å². The van der Waals surface area contributed by atoms with Crippen molar-refractivity contribution in [3.05, 3.63) is 11.9 Å². The van der Waals surface area contributed by atoms with Gasteiger partial charge in [0.1, 0.15) is 17.5 Å². The van der Waals surface area contributed by atoms with Gasteiger partial charge in [0, 0.05) is 6.54 Å². The van der Waals surface area contributed by atoms with Gasteiger partial charge in [0.2, 0.25) is 5.83 Å². The largest absolute Gasteiger partial charge is 0.464 e. The molecule has 1 unspecified atom stereocenters. The van der Waals surface area contributed by atoms with Crippen molar-refractivity contribution in [1.82, 2.24) is 10.6 Å². The number of esters is 2. The minimum Gasteiger partial charge on any atom is -0.464 e. The molecule has 14 heteroatoms. The van der Waals surface area contributed by atoms with Crippen molar-refractivity contribution in [2.75, 3.05) is 26.3 Å². The van der Waals surface area contributed by atoms with Gasteiger partial charge in [-0.2, -0.15) is 4.39 Å². The number of nitrogens with one attached hydrogen (secondary N) is 2. The zero-order chi connectivity index (χ0) is 29.7. The molecule has 0 aliphatic heterocycles. The van der Waals surface area contributed by atoms with E-state index < -0.39 is 47.3 Å². The Bertz CT molecular complexity index is 760. The molecular weight excluding hydrogens is 502 g/mol. The van der Waals surface area contributed by atoms with E-state index in [1.807, 2.05) is 0 Å². The first-order valence-corrected chi connectivity index (χ1v) is 11.1. The summed E-state index contributed by atoms with van der Waals surface area (Å²) < 4.78 is 43.1. The fourth-order valence-corrected chi connectivity index (χ4v) is 1.54. The van der Waals surface area contributed by atoms with E-state index in [1.165, 1.54) is 6.92 Å². The summed E-state index contributed by atoms with van der Waals surface area (Å²) in [6.45, 7) is 13.6. The van der Waals surface area contributed by atoms with Crippen molar-refractivity contribution >= 4 is 36.7 Å². The summed E-state index contributed by atoms with van der Waals surface area (Å²) in [4.78, 5) is 62.2. The van der Waals surface area contributed by atoms with E-state index >= 15 is 0 Å². The number of carbonyl (C=O) groups is 6. The smallest absolute Gasteiger partial charge is 0.408 e. The van der Waals surface area contributed by atoms with Crippen LogP contribution in [0.1, 0.15) is 55.4 Å². The predicted octanol–water partition coefficient (Wildman–Crippen LogP) is 2.72. The number of hydrogen-bond donors (Lipinski definition) is 2. The number of hydrogen-bond acceptors (Lipinski definition) is 10. The second kappa shape index (κ2) is 20.6. The maximum absolute atomic E-state index is 13.0. The van der Waals surface area contributed by atoms with Crippen molar-refractivity contribution < 1.29 is 56.5 Å². The number of alkyl carbamates (subject to hydrolysis) is 2. The molecule has 0 bridgehead atoms. The molecule has 0 rings (SSSR count). The van der Waals surface area contributed by atoms with E-state index in [-0.39, 0.29) is 32.6 Å². The molecule has 0 aromatic rings. The van der Waals surface area contributed by atoms with Gasteiger partial charge < -0.3 is 34.4 Å². The Morgan fingerprint density at radius 3 is 1.59 bits per heavy atom. The molecule has 0 aromatic heterocycles. The van der Waals surface area contributed by atoms with Crippen LogP contribution in [0.5, 0.6) is 0 Å². The van der Waals surface area contributed by atoms with Crippen LogP contribution in [-0.4, -0.2) is 80.4 Å². The maximum Gasteiger partial charge on any atom is 0.408 e. The summed E-state index contributed by atoms with van der Waals surface area (Å²) in [7, 11) is 0. The van der Waals surface area contributed by atoms with E-state index in [0.717, 1.165) is 6.08 Å². The van der Waals surface area contributed by atoms with Gasteiger partial charge in [-0.1, -0.05) is 0 Å². The Hall–Kier alpha value is -3.58. The zero-order valence-corrected chi connectivity index (χ0v) is 22.5. The summed E-state index contributed by atoms with van der Waals surface area (Å²) in [5, 5.41) is 4.54. The van der Waals surface area contributed by atoms with E-state index in [4.69, 9.17) is 9.47 Å². The number of ether oxygens (including phenoxy) is 4. The molecule has 0 spiro atoms. The Morgan fingerprint density at radius 1 is 0.811 bits per heavy atom. The molecule has 37 heavy (non-hydrogen) atoms. The maximum atomic E-state index is 13.0. The van der Waals surface area contributed by atoms with Gasteiger partial charge in [0.15, 0.2) is 6.29 Å². The van der Waals surface area contributed by atoms with Gasteiger partial charge in [-0.15, -0.1) is 0 Å². The number of alkyl halides is 1. The fraction of sp³-hybridized carbons (Fsp3) is 0.652. The molecular formula is C23H38F2N2O10. The van der Waals surface area contributed by atoms with Crippen LogP contribution in [0.15, 0.2) is 11.9 Å². The number of rotatable bonds is 9. The third-order valence-corrected chi connectivity index (χ3v) is 2.76. The van der Waals surface area contributed by atoms with Gasteiger partial charge in [-0.05, 0) is 61.5 Å². The Balaban J connectivity index is -0.000000500. The van der Waals surface area contributed by atoms with Gasteiger partial charge in [-0.3, -0.25) is 4.79 Å². The van der Waals surface area contributed by atoms with Crippen molar-refractivity contribution in [3.8, 4) is 0 Å². The van der Waals surface area contributed by atoms with Crippen LogP contribution in [0.4, 0.5) is 18.4 Å². The summed E-state index contributed by atoms with van der Waals surface area (Å²) in [5.74, 6) is -3.20. The van der Waals surface area contributed by atoms with Crippen LogP contribution < -0.4 is 10.6 Å². The van der Waals surface area contributed by atoms with E-state index in [0.29, 0.717) is 6.29 Å². The quantitative estimate of drug-likeness (QED) is 0.146. The minimum absolute atomic E-state index is 0.00505. The Labute approximate surface area is 215 Å². The molecule has 0 aliphatic rings. The highest BCUT2D eigenvalue weighted by atomic mass is 19.1. The van der Waals surface area contributed by atoms with E-state index in [2.05, 4.69) is 20.1 Å².